The summed E-state index contributed by atoms with van der Waals surface area (Å²) >= 11 is 4.00. The molecule has 0 atom stereocenters. The summed E-state index contributed by atoms with van der Waals surface area (Å²) in [7, 11) is 1.30. The second-order valence-corrected chi connectivity index (χ2v) is 3.18. The highest BCUT2D eigenvalue weighted by Crippen LogP contribution is 2.12. The highest BCUT2D eigenvalue weighted by molar-refractivity contribution is 7.84. The van der Waals surface area contributed by atoms with Crippen molar-refractivity contribution < 1.29 is 14.3 Å². The molecule has 0 aromatic heterocycles. The predicted molar refractivity (Wildman–Crippen MR) is 59.0 cm³/mol. The number of hydrogen-bond acceptors (Lipinski definition) is 4. The summed E-state index contributed by atoms with van der Waals surface area (Å²) in [4.78, 5) is 11.3. The number of allylic oxidation sites excluding steroid dienone is 2. The first-order chi connectivity index (χ1) is 6.47. The summed E-state index contributed by atoms with van der Waals surface area (Å²) < 4.78 is 9.45. The Labute approximate surface area is 89.5 Å². The first kappa shape index (κ1) is 12.8. The summed E-state index contributed by atoms with van der Waals surface area (Å²) in [6.45, 7) is 8.88. The normalized spacial score (nSPS) is 10.6. The van der Waals surface area contributed by atoms with Crippen molar-refractivity contribution >= 4 is 18.6 Å². The molecular formula is C10H14O3S. The molecular weight excluding hydrogens is 200 g/mol. The minimum atomic E-state index is -0.441. The molecule has 0 aliphatic heterocycles. The van der Waals surface area contributed by atoms with E-state index >= 15 is 0 Å². The standard InChI is InChI=1S/C10H14O3S/c1-7(5-8(2)14)9(3)13-6-10(11)12-4/h5,14H,2-3,6H2,1,4H3/b7-5-. The van der Waals surface area contributed by atoms with Crippen LogP contribution in [0.3, 0.4) is 0 Å². The van der Waals surface area contributed by atoms with E-state index in [2.05, 4.69) is 30.5 Å². The van der Waals surface area contributed by atoms with E-state index in [0.717, 1.165) is 5.57 Å². The van der Waals surface area contributed by atoms with Crippen molar-refractivity contribution in [2.24, 2.45) is 0 Å². The molecule has 0 radical (unpaired) electrons. The van der Waals surface area contributed by atoms with Gasteiger partial charge < -0.3 is 9.47 Å². The molecule has 0 saturated carbocycles. The van der Waals surface area contributed by atoms with Gasteiger partial charge in [-0.25, -0.2) is 4.79 Å². The molecule has 0 spiro atoms. The zero-order valence-corrected chi connectivity index (χ0v) is 9.27. The fourth-order valence-electron chi connectivity index (χ4n) is 0.649. The number of thiol groups is 1. The molecule has 14 heavy (non-hydrogen) atoms. The number of carbonyl (C=O) groups excluding carboxylic acids is 1. The first-order valence-electron chi connectivity index (χ1n) is 3.92. The number of hydrogen-bond donors (Lipinski definition) is 1. The molecule has 0 aromatic rings. The van der Waals surface area contributed by atoms with E-state index in [1.165, 1.54) is 7.11 Å². The number of ether oxygens (including phenoxy) is 2. The van der Waals surface area contributed by atoms with E-state index in [4.69, 9.17) is 4.74 Å². The number of methoxy groups -OCH3 is 1. The van der Waals surface area contributed by atoms with Crippen LogP contribution in [-0.4, -0.2) is 19.7 Å². The summed E-state index contributed by atoms with van der Waals surface area (Å²) in [5.41, 5.74) is 0.772. The Balaban J connectivity index is 4.09. The summed E-state index contributed by atoms with van der Waals surface area (Å²) in [5.74, 6) is -0.0331. The van der Waals surface area contributed by atoms with Crippen molar-refractivity contribution in [1.82, 2.24) is 0 Å². The topological polar surface area (TPSA) is 35.5 Å². The van der Waals surface area contributed by atoms with Crippen LogP contribution in [-0.2, 0) is 14.3 Å². The molecule has 0 N–H and O–H groups in total. The van der Waals surface area contributed by atoms with Crippen molar-refractivity contribution in [2.45, 2.75) is 6.92 Å². The van der Waals surface area contributed by atoms with Gasteiger partial charge in [0.05, 0.1) is 7.11 Å². The SMILES string of the molecule is C=C(S)/C=C(/C)C(=C)OCC(=O)OC. The minimum Gasteiger partial charge on any atom is -0.482 e. The fourth-order valence-corrected chi connectivity index (χ4v) is 0.843. The van der Waals surface area contributed by atoms with Gasteiger partial charge in [-0.1, -0.05) is 13.2 Å². The van der Waals surface area contributed by atoms with Crippen LogP contribution >= 0.6 is 12.6 Å². The van der Waals surface area contributed by atoms with Gasteiger partial charge in [-0.05, 0) is 23.5 Å². The Bertz CT molecular complexity index is 279. The van der Waals surface area contributed by atoms with Gasteiger partial charge >= 0.3 is 5.97 Å². The molecule has 0 saturated heterocycles. The van der Waals surface area contributed by atoms with Crippen LogP contribution in [0.1, 0.15) is 6.92 Å². The van der Waals surface area contributed by atoms with Gasteiger partial charge in [-0.15, -0.1) is 12.6 Å². The molecule has 78 valence electrons. The Hall–Kier alpha value is -1.16. The van der Waals surface area contributed by atoms with Gasteiger partial charge in [-0.2, -0.15) is 0 Å². The molecule has 0 bridgehead atoms. The molecule has 0 amide bonds. The lowest BCUT2D eigenvalue weighted by Crippen LogP contribution is -2.09. The summed E-state index contributed by atoms with van der Waals surface area (Å²) in [6.07, 6.45) is 1.70. The second kappa shape index (κ2) is 6.32. The van der Waals surface area contributed by atoms with Crippen LogP contribution in [0, 0.1) is 0 Å². The highest BCUT2D eigenvalue weighted by Gasteiger charge is 2.03. The van der Waals surface area contributed by atoms with Crippen LogP contribution in [0.2, 0.25) is 0 Å². The molecule has 4 heteroatoms. The van der Waals surface area contributed by atoms with Crippen LogP contribution < -0.4 is 0 Å². The average Bonchev–Trinajstić information content (AvgIpc) is 2.12. The smallest absolute Gasteiger partial charge is 0.343 e. The monoisotopic (exact) mass is 214 g/mol. The zero-order chi connectivity index (χ0) is 11.1. The maximum absolute atomic E-state index is 10.7. The van der Waals surface area contributed by atoms with Gasteiger partial charge in [0.2, 0.25) is 0 Å². The van der Waals surface area contributed by atoms with Gasteiger partial charge in [0.25, 0.3) is 0 Å². The average molecular weight is 214 g/mol. The Morgan fingerprint density at radius 3 is 2.50 bits per heavy atom. The molecule has 0 aromatic carbocycles. The van der Waals surface area contributed by atoms with E-state index in [-0.39, 0.29) is 6.61 Å². The lowest BCUT2D eigenvalue weighted by atomic mass is 10.2. The fraction of sp³-hybridized carbons (Fsp3) is 0.300. The Morgan fingerprint density at radius 1 is 1.50 bits per heavy atom. The van der Waals surface area contributed by atoms with Gasteiger partial charge in [-0.3, -0.25) is 0 Å². The van der Waals surface area contributed by atoms with E-state index < -0.39 is 5.97 Å². The van der Waals surface area contributed by atoms with Gasteiger partial charge in [0.15, 0.2) is 6.61 Å². The van der Waals surface area contributed by atoms with Crippen molar-refractivity contribution in [2.75, 3.05) is 13.7 Å². The maximum Gasteiger partial charge on any atom is 0.343 e. The minimum absolute atomic E-state index is 0.139. The van der Waals surface area contributed by atoms with Gasteiger partial charge in [0.1, 0.15) is 5.76 Å². The Kier molecular flexibility index (Phi) is 5.79. The molecule has 0 rings (SSSR count). The van der Waals surface area contributed by atoms with Crippen molar-refractivity contribution in [3.63, 3.8) is 0 Å². The summed E-state index contributed by atoms with van der Waals surface area (Å²) in [6, 6.07) is 0. The maximum atomic E-state index is 10.7. The first-order valence-corrected chi connectivity index (χ1v) is 4.37. The van der Waals surface area contributed by atoms with Crippen molar-refractivity contribution in [1.29, 1.82) is 0 Å². The van der Waals surface area contributed by atoms with Crippen LogP contribution in [0.15, 0.2) is 35.5 Å². The molecule has 0 unspecified atom stereocenters. The van der Waals surface area contributed by atoms with Crippen LogP contribution in [0.5, 0.6) is 0 Å². The third-order valence-electron chi connectivity index (χ3n) is 1.41. The van der Waals surface area contributed by atoms with Crippen LogP contribution in [0.25, 0.3) is 0 Å². The highest BCUT2D eigenvalue weighted by atomic mass is 32.1. The molecule has 0 heterocycles. The van der Waals surface area contributed by atoms with E-state index in [0.29, 0.717) is 10.7 Å². The van der Waals surface area contributed by atoms with Crippen LogP contribution in [0.4, 0.5) is 0 Å². The third kappa shape index (κ3) is 5.48. The molecule has 0 aliphatic rings. The number of carbonyl (C=O) groups is 1. The molecule has 0 aliphatic carbocycles. The molecule has 0 fully saturated rings. The van der Waals surface area contributed by atoms with E-state index in [1.54, 1.807) is 13.0 Å². The number of rotatable bonds is 5. The third-order valence-corrected chi connectivity index (χ3v) is 1.54. The quantitative estimate of drug-likeness (QED) is 0.329. The predicted octanol–water partition coefficient (Wildman–Crippen LogP) is 2.08. The largest absolute Gasteiger partial charge is 0.482 e. The van der Waals surface area contributed by atoms with Gasteiger partial charge in [0, 0.05) is 0 Å². The lowest BCUT2D eigenvalue weighted by Gasteiger charge is -2.07. The summed E-state index contributed by atoms with van der Waals surface area (Å²) in [5, 5.41) is 0. The molecule has 3 nitrogen and oxygen atoms in total. The zero-order valence-electron chi connectivity index (χ0n) is 8.37. The Morgan fingerprint density at radius 2 is 2.07 bits per heavy atom. The van der Waals surface area contributed by atoms with E-state index in [1.807, 2.05) is 0 Å². The van der Waals surface area contributed by atoms with E-state index in [9.17, 15) is 4.79 Å². The van der Waals surface area contributed by atoms with Crippen molar-refractivity contribution in [3.05, 3.63) is 35.5 Å². The second-order valence-electron chi connectivity index (χ2n) is 2.61. The lowest BCUT2D eigenvalue weighted by molar-refractivity contribution is -0.144. The number of esters is 1. The van der Waals surface area contributed by atoms with Crippen molar-refractivity contribution in [3.8, 4) is 0 Å².